The van der Waals surface area contributed by atoms with E-state index in [0.717, 1.165) is 68.1 Å². The van der Waals surface area contributed by atoms with Gasteiger partial charge in [0.25, 0.3) is 0 Å². The number of halogens is 1. The minimum atomic E-state index is -0.0329. The molecule has 0 unspecified atom stereocenters. The van der Waals surface area contributed by atoms with Gasteiger partial charge in [-0.05, 0) is 49.3 Å². The fourth-order valence-corrected chi connectivity index (χ4v) is 2.71. The Morgan fingerprint density at radius 2 is 1.43 bits per heavy atom. The minimum absolute atomic E-state index is 0.0329. The highest BCUT2D eigenvalue weighted by molar-refractivity contribution is 5.78. The third kappa shape index (κ3) is 6.41. The smallest absolute Gasteiger partial charge is 0.134 e. The Balaban J connectivity index is 2.91. The van der Waals surface area contributed by atoms with Gasteiger partial charge in [0.15, 0.2) is 0 Å². The van der Waals surface area contributed by atoms with E-state index >= 15 is 0 Å². The first-order chi connectivity index (χ1) is 10.1. The fraction of sp³-hybridized carbons (Fsp3) is 0.632. The van der Waals surface area contributed by atoms with E-state index in [1.54, 1.807) is 6.92 Å². The maximum absolute atomic E-state index is 14.6. The summed E-state index contributed by atoms with van der Waals surface area (Å²) in [7, 11) is 0. The molecule has 0 aromatic heterocycles. The molecule has 1 aromatic rings. The third-order valence-corrected chi connectivity index (χ3v) is 3.84. The zero-order chi connectivity index (χ0) is 15.7. The van der Waals surface area contributed by atoms with Crippen molar-refractivity contribution in [3.8, 4) is 0 Å². The van der Waals surface area contributed by atoms with E-state index in [1.807, 2.05) is 12.1 Å². The second-order valence-corrected chi connectivity index (χ2v) is 6.02. The van der Waals surface area contributed by atoms with Crippen LogP contribution in [0.5, 0.6) is 0 Å². The molecule has 1 nitrogen and oxygen atoms in total. The number of carbonyl (C=O) groups is 1. The Hall–Kier alpha value is -1.18. The van der Waals surface area contributed by atoms with Gasteiger partial charge in [-0.25, -0.2) is 4.39 Å². The van der Waals surface area contributed by atoms with Gasteiger partial charge in [0.2, 0.25) is 0 Å². The lowest BCUT2D eigenvalue weighted by atomic mass is 9.95. The van der Waals surface area contributed by atoms with Gasteiger partial charge in [-0.15, -0.1) is 0 Å². The summed E-state index contributed by atoms with van der Waals surface area (Å²) in [6, 6.07) is 3.80. The number of benzene rings is 1. The van der Waals surface area contributed by atoms with Gasteiger partial charge in [-0.2, -0.15) is 0 Å². The molecule has 0 amide bonds. The molecule has 0 N–H and O–H groups in total. The zero-order valence-electron chi connectivity index (χ0n) is 13.8. The van der Waals surface area contributed by atoms with E-state index < -0.39 is 0 Å². The van der Waals surface area contributed by atoms with Crippen LogP contribution in [0.15, 0.2) is 12.1 Å². The molecule has 0 aliphatic rings. The Morgan fingerprint density at radius 1 is 0.952 bits per heavy atom. The molecule has 0 spiro atoms. The summed E-state index contributed by atoms with van der Waals surface area (Å²) in [4.78, 5) is 11.3. The van der Waals surface area contributed by atoms with Crippen molar-refractivity contribution in [3.63, 3.8) is 0 Å². The molecule has 0 fully saturated rings. The predicted octanol–water partition coefficient (Wildman–Crippen LogP) is 5.42. The van der Waals surface area contributed by atoms with Crippen molar-refractivity contribution in [2.45, 2.75) is 78.6 Å². The van der Waals surface area contributed by atoms with Crippen LogP contribution in [0.1, 0.15) is 76.0 Å². The molecular weight excluding hydrogens is 263 g/mol. The Morgan fingerprint density at radius 3 is 1.81 bits per heavy atom. The standard InChI is InChI=1S/C19H29FO/c1-4-6-8-10-17-13-16(12-15(3)21)14-18(19(17)20)11-9-7-5-2/h13-14H,4-12H2,1-3H3. The highest BCUT2D eigenvalue weighted by Crippen LogP contribution is 2.21. The molecule has 0 saturated carbocycles. The van der Waals surface area contributed by atoms with Gasteiger partial charge in [0.05, 0.1) is 0 Å². The van der Waals surface area contributed by atoms with E-state index in [9.17, 15) is 9.18 Å². The average Bonchev–Trinajstić information content (AvgIpc) is 2.43. The number of aryl methyl sites for hydroxylation is 2. The van der Waals surface area contributed by atoms with Crippen molar-refractivity contribution in [2.75, 3.05) is 0 Å². The molecule has 21 heavy (non-hydrogen) atoms. The lowest BCUT2D eigenvalue weighted by Crippen LogP contribution is -2.04. The summed E-state index contributed by atoms with van der Waals surface area (Å²) in [6.07, 6.45) is 8.55. The van der Waals surface area contributed by atoms with Crippen LogP contribution in [0, 0.1) is 5.82 Å². The van der Waals surface area contributed by atoms with Crippen molar-refractivity contribution < 1.29 is 9.18 Å². The van der Waals surface area contributed by atoms with E-state index in [0.29, 0.717) is 6.42 Å². The lowest BCUT2D eigenvalue weighted by Gasteiger charge is -2.12. The third-order valence-electron chi connectivity index (χ3n) is 3.84. The number of Topliss-reactive ketones (excluding diaryl/α,β-unsaturated/α-hetero) is 1. The SMILES string of the molecule is CCCCCc1cc(CC(C)=O)cc(CCCCC)c1F. The molecule has 0 aliphatic heterocycles. The maximum atomic E-state index is 14.6. The maximum Gasteiger partial charge on any atom is 0.134 e. The minimum Gasteiger partial charge on any atom is -0.300 e. The topological polar surface area (TPSA) is 17.1 Å². The number of hydrogen-bond donors (Lipinski definition) is 0. The highest BCUT2D eigenvalue weighted by atomic mass is 19.1. The second-order valence-electron chi connectivity index (χ2n) is 6.02. The predicted molar refractivity (Wildman–Crippen MR) is 87.2 cm³/mol. The molecule has 0 radical (unpaired) electrons. The highest BCUT2D eigenvalue weighted by Gasteiger charge is 2.11. The summed E-state index contributed by atoms with van der Waals surface area (Å²) >= 11 is 0. The van der Waals surface area contributed by atoms with Crippen molar-refractivity contribution in [2.24, 2.45) is 0 Å². The molecule has 0 aliphatic carbocycles. The van der Waals surface area contributed by atoms with Gasteiger partial charge in [0, 0.05) is 6.42 Å². The summed E-state index contributed by atoms with van der Waals surface area (Å²) < 4.78 is 14.6. The summed E-state index contributed by atoms with van der Waals surface area (Å²) in [5.41, 5.74) is 2.57. The zero-order valence-corrected chi connectivity index (χ0v) is 13.8. The van der Waals surface area contributed by atoms with Crippen molar-refractivity contribution in [1.82, 2.24) is 0 Å². The van der Waals surface area contributed by atoms with Crippen LogP contribution in [-0.4, -0.2) is 5.78 Å². The molecular formula is C19H29FO. The molecule has 0 saturated heterocycles. The van der Waals surface area contributed by atoms with Crippen LogP contribution >= 0.6 is 0 Å². The molecule has 0 atom stereocenters. The molecule has 1 rings (SSSR count). The van der Waals surface area contributed by atoms with Gasteiger partial charge in [-0.1, -0.05) is 51.7 Å². The quantitative estimate of drug-likeness (QED) is 0.526. The summed E-state index contributed by atoms with van der Waals surface area (Å²) in [6.45, 7) is 5.90. The van der Waals surface area contributed by atoms with E-state index in [-0.39, 0.29) is 11.6 Å². The van der Waals surface area contributed by atoms with Gasteiger partial charge >= 0.3 is 0 Å². The lowest BCUT2D eigenvalue weighted by molar-refractivity contribution is -0.116. The largest absolute Gasteiger partial charge is 0.300 e. The van der Waals surface area contributed by atoms with Crippen molar-refractivity contribution in [1.29, 1.82) is 0 Å². The molecule has 1 aromatic carbocycles. The van der Waals surface area contributed by atoms with Crippen LogP contribution < -0.4 is 0 Å². The van der Waals surface area contributed by atoms with Crippen LogP contribution in [-0.2, 0) is 24.1 Å². The first-order valence-corrected chi connectivity index (χ1v) is 8.38. The summed E-state index contributed by atoms with van der Waals surface area (Å²) in [5, 5.41) is 0. The Bertz CT molecular complexity index is 420. The number of rotatable bonds is 10. The molecule has 0 bridgehead atoms. The van der Waals surface area contributed by atoms with Crippen LogP contribution in [0.25, 0.3) is 0 Å². The number of hydrogen-bond acceptors (Lipinski definition) is 1. The molecule has 118 valence electrons. The van der Waals surface area contributed by atoms with Crippen molar-refractivity contribution in [3.05, 3.63) is 34.6 Å². The average molecular weight is 292 g/mol. The Labute approximate surface area is 129 Å². The number of carbonyl (C=O) groups excluding carboxylic acids is 1. The molecule has 2 heteroatoms. The first kappa shape index (κ1) is 17.9. The first-order valence-electron chi connectivity index (χ1n) is 8.38. The second kappa shape index (κ2) is 9.70. The number of ketones is 1. The monoisotopic (exact) mass is 292 g/mol. The van der Waals surface area contributed by atoms with Crippen LogP contribution in [0.2, 0.25) is 0 Å². The van der Waals surface area contributed by atoms with E-state index in [1.165, 1.54) is 0 Å². The Kier molecular flexibility index (Phi) is 8.26. The van der Waals surface area contributed by atoms with Gasteiger partial charge in [-0.3, -0.25) is 4.79 Å². The van der Waals surface area contributed by atoms with Gasteiger partial charge in [0.1, 0.15) is 11.6 Å². The summed E-state index contributed by atoms with van der Waals surface area (Å²) in [5.74, 6) is 0.107. The fourth-order valence-electron chi connectivity index (χ4n) is 2.71. The van der Waals surface area contributed by atoms with Crippen molar-refractivity contribution >= 4 is 5.78 Å². The van der Waals surface area contributed by atoms with E-state index in [2.05, 4.69) is 13.8 Å². The van der Waals surface area contributed by atoms with Gasteiger partial charge < -0.3 is 0 Å². The van der Waals surface area contributed by atoms with E-state index in [4.69, 9.17) is 0 Å². The molecule has 0 heterocycles. The van der Waals surface area contributed by atoms with Crippen LogP contribution in [0.3, 0.4) is 0 Å². The number of unbranched alkanes of at least 4 members (excludes halogenated alkanes) is 4. The normalized spacial score (nSPS) is 10.9. The van der Waals surface area contributed by atoms with Crippen LogP contribution in [0.4, 0.5) is 4.39 Å².